The number of rotatable bonds is 4. The molecule has 5 aromatic heterocycles. The van der Waals surface area contributed by atoms with Gasteiger partial charge in [0, 0.05) is 31.0 Å². The van der Waals surface area contributed by atoms with Crippen LogP contribution in [0.4, 0.5) is 5.82 Å². The molecule has 1 aromatic carbocycles. The maximum Gasteiger partial charge on any atom is 0.267 e. The number of nitrogen functional groups attached to an aromatic ring is 1. The van der Waals surface area contributed by atoms with Gasteiger partial charge in [-0.3, -0.25) is 18.7 Å². The molecule has 1 amide bonds. The van der Waals surface area contributed by atoms with Gasteiger partial charge in [-0.1, -0.05) is 36.3 Å². The first kappa shape index (κ1) is 24.1. The van der Waals surface area contributed by atoms with Crippen LogP contribution in [0.1, 0.15) is 40.3 Å². The molecule has 0 fully saturated rings. The fourth-order valence-corrected chi connectivity index (χ4v) is 5.14. The van der Waals surface area contributed by atoms with E-state index in [0.29, 0.717) is 33.1 Å². The van der Waals surface area contributed by atoms with Gasteiger partial charge in [-0.15, -0.1) is 11.3 Å². The standard InChI is InChI=1S/C27H21N9O2S/c1-16(32-25(37)21-23(28)30-15-35-11-10-29-24(21)35)22-20(18-6-4-3-5-7-18)26(38)36-19(14-39-27(36)33-22)9-8-17-12-31-34(2)13-17/h3-7,10-16H,28H2,1-2H3,(H,32,37). The fourth-order valence-electron chi connectivity index (χ4n) is 4.33. The summed E-state index contributed by atoms with van der Waals surface area (Å²) in [4.78, 5) is 41.0. The van der Waals surface area contributed by atoms with Gasteiger partial charge in [0.15, 0.2) is 10.6 Å². The van der Waals surface area contributed by atoms with Crippen molar-refractivity contribution in [2.45, 2.75) is 13.0 Å². The number of benzene rings is 1. The van der Waals surface area contributed by atoms with E-state index in [9.17, 15) is 9.59 Å². The molecule has 0 spiro atoms. The van der Waals surface area contributed by atoms with Gasteiger partial charge in [-0.05, 0) is 18.4 Å². The number of carbonyl (C=O) groups is 1. The summed E-state index contributed by atoms with van der Waals surface area (Å²) in [6, 6.07) is 8.59. The van der Waals surface area contributed by atoms with Crippen molar-refractivity contribution in [2.24, 2.45) is 7.05 Å². The van der Waals surface area contributed by atoms with E-state index in [2.05, 4.69) is 32.2 Å². The lowest BCUT2D eigenvalue weighted by molar-refractivity contribution is 0.0941. The summed E-state index contributed by atoms with van der Waals surface area (Å²) in [5, 5.41) is 8.86. The number of nitrogens with zero attached hydrogens (tertiary/aromatic N) is 7. The molecule has 0 aliphatic heterocycles. The van der Waals surface area contributed by atoms with Gasteiger partial charge in [0.05, 0.1) is 29.1 Å². The summed E-state index contributed by atoms with van der Waals surface area (Å²) in [6.45, 7) is 1.77. The van der Waals surface area contributed by atoms with Crippen LogP contribution in [0.2, 0.25) is 0 Å². The SMILES string of the molecule is CC(NC(=O)c1c(N)ncn2ccnc12)c1nc2scc(C#Cc3cnn(C)c3)n2c(=O)c1-c1ccccc1. The van der Waals surface area contributed by atoms with Crippen LogP contribution in [-0.2, 0) is 7.05 Å². The molecule has 6 rings (SSSR count). The van der Waals surface area contributed by atoms with Crippen molar-refractivity contribution in [1.29, 1.82) is 0 Å². The summed E-state index contributed by atoms with van der Waals surface area (Å²) in [6.07, 6.45) is 8.19. The predicted octanol–water partition coefficient (Wildman–Crippen LogP) is 2.67. The van der Waals surface area contributed by atoms with E-state index < -0.39 is 11.9 Å². The van der Waals surface area contributed by atoms with Gasteiger partial charge >= 0.3 is 0 Å². The zero-order valence-electron chi connectivity index (χ0n) is 20.9. The first-order valence-corrected chi connectivity index (χ1v) is 12.8. The minimum atomic E-state index is -0.646. The molecule has 192 valence electrons. The van der Waals surface area contributed by atoms with Crippen molar-refractivity contribution in [2.75, 3.05) is 5.73 Å². The lowest BCUT2D eigenvalue weighted by atomic mass is 10.0. The van der Waals surface area contributed by atoms with Crippen LogP contribution in [0.3, 0.4) is 0 Å². The number of nitrogens with one attached hydrogen (secondary N) is 1. The number of aryl methyl sites for hydroxylation is 1. The molecule has 1 atom stereocenters. The normalized spacial score (nSPS) is 11.8. The highest BCUT2D eigenvalue weighted by molar-refractivity contribution is 7.15. The van der Waals surface area contributed by atoms with E-state index in [-0.39, 0.29) is 16.9 Å². The predicted molar refractivity (Wildman–Crippen MR) is 147 cm³/mol. The lowest BCUT2D eigenvalue weighted by Crippen LogP contribution is -2.31. The topological polar surface area (TPSA) is 138 Å². The summed E-state index contributed by atoms with van der Waals surface area (Å²) in [5.74, 6) is 5.70. The molecule has 0 aliphatic carbocycles. The largest absolute Gasteiger partial charge is 0.383 e. The molecule has 39 heavy (non-hydrogen) atoms. The van der Waals surface area contributed by atoms with Gasteiger partial charge in [0.2, 0.25) is 0 Å². The van der Waals surface area contributed by atoms with Crippen LogP contribution in [0.5, 0.6) is 0 Å². The van der Waals surface area contributed by atoms with Crippen molar-refractivity contribution in [3.8, 4) is 23.0 Å². The Morgan fingerprint density at radius 2 is 2.00 bits per heavy atom. The second-order valence-corrected chi connectivity index (χ2v) is 9.63. The second-order valence-electron chi connectivity index (χ2n) is 8.79. The Morgan fingerprint density at radius 3 is 2.77 bits per heavy atom. The van der Waals surface area contributed by atoms with Gasteiger partial charge in [-0.25, -0.2) is 19.4 Å². The molecular weight excluding hydrogens is 514 g/mol. The van der Waals surface area contributed by atoms with E-state index in [0.717, 1.165) is 5.56 Å². The molecule has 0 bridgehead atoms. The van der Waals surface area contributed by atoms with E-state index >= 15 is 0 Å². The minimum Gasteiger partial charge on any atom is -0.383 e. The highest BCUT2D eigenvalue weighted by Gasteiger charge is 2.25. The van der Waals surface area contributed by atoms with E-state index in [4.69, 9.17) is 10.7 Å². The summed E-state index contributed by atoms with van der Waals surface area (Å²) in [7, 11) is 1.81. The number of amides is 1. The second kappa shape index (κ2) is 9.55. The van der Waals surface area contributed by atoms with Crippen LogP contribution in [0.15, 0.2) is 71.6 Å². The fraction of sp³-hybridized carbons (Fsp3) is 0.111. The van der Waals surface area contributed by atoms with E-state index in [1.807, 2.05) is 37.4 Å². The van der Waals surface area contributed by atoms with Crippen molar-refractivity contribution >= 4 is 33.7 Å². The van der Waals surface area contributed by atoms with Crippen LogP contribution in [0, 0.1) is 11.8 Å². The molecule has 0 radical (unpaired) electrons. The smallest absolute Gasteiger partial charge is 0.267 e. The Kier molecular flexibility index (Phi) is 5.90. The molecule has 3 N–H and O–H groups in total. The van der Waals surface area contributed by atoms with Gasteiger partial charge in [0.1, 0.15) is 23.4 Å². The maximum atomic E-state index is 14.0. The van der Waals surface area contributed by atoms with Gasteiger partial charge in [0.25, 0.3) is 11.5 Å². The number of nitrogens with two attached hydrogens (primary N) is 1. The van der Waals surface area contributed by atoms with E-state index in [1.165, 1.54) is 22.1 Å². The van der Waals surface area contributed by atoms with Gasteiger partial charge < -0.3 is 11.1 Å². The number of carbonyl (C=O) groups excluding carboxylic acids is 1. The quantitative estimate of drug-likeness (QED) is 0.331. The number of anilines is 1. The average molecular weight is 536 g/mol. The van der Waals surface area contributed by atoms with Crippen LogP contribution >= 0.6 is 11.3 Å². The molecule has 1 unspecified atom stereocenters. The average Bonchev–Trinajstić information content (AvgIpc) is 3.67. The van der Waals surface area contributed by atoms with Crippen molar-refractivity contribution in [1.82, 2.24) is 38.9 Å². The Morgan fingerprint density at radius 1 is 1.18 bits per heavy atom. The third-order valence-corrected chi connectivity index (χ3v) is 6.98. The van der Waals surface area contributed by atoms with Crippen LogP contribution in [0.25, 0.3) is 21.7 Å². The summed E-state index contributed by atoms with van der Waals surface area (Å²) in [5.41, 5.74) is 9.01. The Labute approximate surface area is 225 Å². The van der Waals surface area contributed by atoms with E-state index in [1.54, 1.807) is 46.2 Å². The molecule has 0 aliphatic rings. The Hall–Kier alpha value is -5.28. The molecule has 5 heterocycles. The van der Waals surface area contributed by atoms with Crippen LogP contribution < -0.4 is 16.6 Å². The Bertz CT molecular complexity index is 1990. The lowest BCUT2D eigenvalue weighted by Gasteiger charge is -2.18. The number of imidazole rings is 1. The highest BCUT2D eigenvalue weighted by Crippen LogP contribution is 2.27. The molecule has 0 saturated carbocycles. The highest BCUT2D eigenvalue weighted by atomic mass is 32.1. The molecule has 11 nitrogen and oxygen atoms in total. The molecular formula is C27H21N9O2S. The van der Waals surface area contributed by atoms with Crippen molar-refractivity contribution in [3.63, 3.8) is 0 Å². The third-order valence-electron chi connectivity index (χ3n) is 6.15. The van der Waals surface area contributed by atoms with Gasteiger partial charge in [-0.2, -0.15) is 5.10 Å². The first-order valence-electron chi connectivity index (χ1n) is 11.9. The van der Waals surface area contributed by atoms with Crippen molar-refractivity contribution < 1.29 is 4.79 Å². The number of hydrogen-bond donors (Lipinski definition) is 2. The molecule has 6 aromatic rings. The number of hydrogen-bond acceptors (Lipinski definition) is 8. The Balaban J connectivity index is 1.46. The monoisotopic (exact) mass is 535 g/mol. The molecule has 12 heteroatoms. The summed E-state index contributed by atoms with van der Waals surface area (Å²) >= 11 is 1.30. The minimum absolute atomic E-state index is 0.0558. The first-order chi connectivity index (χ1) is 18.9. The number of fused-ring (bicyclic) bond motifs is 2. The number of aromatic nitrogens is 7. The maximum absolute atomic E-state index is 14.0. The number of thiazole rings is 1. The van der Waals surface area contributed by atoms with Crippen LogP contribution in [-0.4, -0.2) is 39.4 Å². The third kappa shape index (κ3) is 4.30. The summed E-state index contributed by atoms with van der Waals surface area (Å²) < 4.78 is 4.78. The zero-order valence-corrected chi connectivity index (χ0v) is 21.7. The zero-order chi connectivity index (χ0) is 27.1. The molecule has 0 saturated heterocycles. The van der Waals surface area contributed by atoms with Crippen molar-refractivity contribution in [3.05, 3.63) is 99.7 Å².